The van der Waals surface area contributed by atoms with Crippen molar-refractivity contribution < 1.29 is 9.59 Å². The van der Waals surface area contributed by atoms with Gasteiger partial charge in [-0.15, -0.1) is 0 Å². The van der Waals surface area contributed by atoms with Crippen molar-refractivity contribution in [2.75, 3.05) is 0 Å². The van der Waals surface area contributed by atoms with E-state index < -0.39 is 5.78 Å². The molecular formula is C15H12ClN3O2. The van der Waals surface area contributed by atoms with E-state index in [0.29, 0.717) is 12.4 Å². The van der Waals surface area contributed by atoms with Crippen LogP contribution in [0.4, 0.5) is 0 Å². The molecule has 2 aromatic rings. The number of aryl methyl sites for hydroxylation is 1. The Bertz CT molecular complexity index is 762. The third-order valence-corrected chi connectivity index (χ3v) is 3.58. The number of carbonyl (C=O) groups is 2. The van der Waals surface area contributed by atoms with Crippen LogP contribution in [0, 0.1) is 6.92 Å². The number of carbonyl (C=O) groups excluding carboxylic acids is 2. The summed E-state index contributed by atoms with van der Waals surface area (Å²) in [6.45, 7) is 2.09. The molecule has 0 atom stereocenters. The Labute approximate surface area is 126 Å². The highest BCUT2D eigenvalue weighted by Gasteiger charge is 2.34. The predicted molar refractivity (Wildman–Crippen MR) is 78.1 cm³/mol. The van der Waals surface area contributed by atoms with Gasteiger partial charge in [-0.25, -0.2) is 4.98 Å². The molecular weight excluding hydrogens is 290 g/mol. The Morgan fingerprint density at radius 3 is 2.62 bits per heavy atom. The number of rotatable bonds is 3. The number of H-pyrrole nitrogens is 1. The number of Topliss-reactive ketones (excluding diaryl/α,β-unsaturated/α-hetero) is 2. The van der Waals surface area contributed by atoms with Gasteiger partial charge in [-0.1, -0.05) is 41.9 Å². The van der Waals surface area contributed by atoms with Gasteiger partial charge in [0.25, 0.3) is 0 Å². The summed E-state index contributed by atoms with van der Waals surface area (Å²) in [7, 11) is 0. The highest BCUT2D eigenvalue weighted by Crippen LogP contribution is 2.26. The van der Waals surface area contributed by atoms with Crippen molar-refractivity contribution in [1.82, 2.24) is 15.3 Å². The van der Waals surface area contributed by atoms with Crippen molar-refractivity contribution in [3.05, 3.63) is 63.8 Å². The van der Waals surface area contributed by atoms with Gasteiger partial charge in [0.1, 0.15) is 27.9 Å². The average molecular weight is 302 g/mol. The molecule has 0 radical (unpaired) electrons. The molecule has 0 saturated heterocycles. The minimum atomic E-state index is -0.414. The average Bonchev–Trinajstić information content (AvgIpc) is 2.88. The number of benzene rings is 1. The summed E-state index contributed by atoms with van der Waals surface area (Å²) in [4.78, 5) is 31.3. The Hall–Kier alpha value is -2.40. The molecule has 0 amide bonds. The molecule has 6 heteroatoms. The van der Waals surface area contributed by atoms with Crippen molar-refractivity contribution in [3.8, 4) is 0 Å². The van der Waals surface area contributed by atoms with Gasteiger partial charge in [0.15, 0.2) is 0 Å². The van der Waals surface area contributed by atoms with E-state index in [4.69, 9.17) is 11.6 Å². The zero-order valence-electron chi connectivity index (χ0n) is 11.2. The first-order valence-corrected chi connectivity index (χ1v) is 6.79. The summed E-state index contributed by atoms with van der Waals surface area (Å²) in [6.07, 6.45) is 0. The molecule has 1 aromatic heterocycles. The van der Waals surface area contributed by atoms with E-state index in [0.717, 1.165) is 5.56 Å². The van der Waals surface area contributed by atoms with Crippen LogP contribution >= 0.6 is 11.6 Å². The van der Waals surface area contributed by atoms with Gasteiger partial charge in [0.2, 0.25) is 11.6 Å². The SMILES string of the molecule is Cc1nc2c([nH]1)C(=O)C(Cl)=C(NCc1ccccc1)C2=O. The van der Waals surface area contributed by atoms with Gasteiger partial charge < -0.3 is 10.3 Å². The van der Waals surface area contributed by atoms with Crippen molar-refractivity contribution in [3.63, 3.8) is 0 Å². The number of nitrogens with zero attached hydrogens (tertiary/aromatic N) is 1. The Kier molecular flexibility index (Phi) is 3.35. The van der Waals surface area contributed by atoms with Crippen LogP contribution in [0.25, 0.3) is 0 Å². The fourth-order valence-corrected chi connectivity index (χ4v) is 2.45. The molecule has 3 rings (SSSR count). The molecule has 1 aliphatic rings. The number of fused-ring (bicyclic) bond motifs is 1. The molecule has 0 fully saturated rings. The smallest absolute Gasteiger partial charge is 0.231 e. The number of halogens is 1. The molecule has 1 aromatic carbocycles. The number of allylic oxidation sites excluding steroid dienone is 2. The van der Waals surface area contributed by atoms with Gasteiger partial charge in [-0.05, 0) is 12.5 Å². The summed E-state index contributed by atoms with van der Waals surface area (Å²) in [5.74, 6) is -0.271. The minimum absolute atomic E-state index is 0.101. The summed E-state index contributed by atoms with van der Waals surface area (Å²) in [5.41, 5.74) is 1.37. The molecule has 0 saturated carbocycles. The number of nitrogens with one attached hydrogen (secondary N) is 2. The number of hydrogen-bond donors (Lipinski definition) is 2. The zero-order chi connectivity index (χ0) is 15.0. The maximum Gasteiger partial charge on any atom is 0.231 e. The molecule has 5 nitrogen and oxygen atoms in total. The molecule has 2 N–H and O–H groups in total. The third-order valence-electron chi connectivity index (χ3n) is 3.22. The second-order valence-corrected chi connectivity index (χ2v) is 5.11. The Morgan fingerprint density at radius 1 is 1.19 bits per heavy atom. The summed E-state index contributed by atoms with van der Waals surface area (Å²) in [6, 6.07) is 9.54. The summed E-state index contributed by atoms with van der Waals surface area (Å²) in [5, 5.41) is 2.84. The molecule has 1 aliphatic carbocycles. The van der Waals surface area contributed by atoms with E-state index in [1.807, 2.05) is 30.3 Å². The summed E-state index contributed by atoms with van der Waals surface area (Å²) >= 11 is 6.03. The minimum Gasteiger partial charge on any atom is -0.376 e. The lowest BCUT2D eigenvalue weighted by atomic mass is 10.0. The number of aromatic nitrogens is 2. The normalized spacial score (nSPS) is 14.4. The van der Waals surface area contributed by atoms with Crippen molar-refractivity contribution >= 4 is 23.2 Å². The highest BCUT2D eigenvalue weighted by molar-refractivity contribution is 6.49. The van der Waals surface area contributed by atoms with Gasteiger partial charge in [0.05, 0.1) is 0 Å². The zero-order valence-corrected chi connectivity index (χ0v) is 12.0. The van der Waals surface area contributed by atoms with Crippen molar-refractivity contribution in [2.24, 2.45) is 0 Å². The molecule has 21 heavy (non-hydrogen) atoms. The monoisotopic (exact) mass is 301 g/mol. The molecule has 0 unspecified atom stereocenters. The lowest BCUT2D eigenvalue weighted by molar-refractivity contribution is 0.0969. The third kappa shape index (κ3) is 2.36. The predicted octanol–water partition coefficient (Wildman–Crippen LogP) is 2.34. The van der Waals surface area contributed by atoms with Crippen LogP contribution < -0.4 is 5.32 Å². The quantitative estimate of drug-likeness (QED) is 0.912. The number of imidazole rings is 1. The Morgan fingerprint density at radius 2 is 1.90 bits per heavy atom. The molecule has 1 heterocycles. The van der Waals surface area contributed by atoms with Crippen molar-refractivity contribution in [1.29, 1.82) is 0 Å². The second kappa shape index (κ2) is 5.18. The largest absolute Gasteiger partial charge is 0.376 e. The maximum atomic E-state index is 12.4. The number of hydrogen-bond acceptors (Lipinski definition) is 4. The van der Waals surface area contributed by atoms with Crippen LogP contribution in [-0.4, -0.2) is 21.5 Å². The van der Waals surface area contributed by atoms with E-state index in [-0.39, 0.29) is 27.9 Å². The van der Waals surface area contributed by atoms with E-state index >= 15 is 0 Å². The number of ketones is 2. The van der Waals surface area contributed by atoms with Gasteiger partial charge >= 0.3 is 0 Å². The van der Waals surface area contributed by atoms with Gasteiger partial charge in [-0.2, -0.15) is 0 Å². The van der Waals surface area contributed by atoms with Crippen LogP contribution in [0.1, 0.15) is 32.4 Å². The Balaban J connectivity index is 1.89. The first-order valence-electron chi connectivity index (χ1n) is 6.41. The van der Waals surface area contributed by atoms with Crippen LogP contribution in [0.2, 0.25) is 0 Å². The van der Waals surface area contributed by atoms with Crippen LogP contribution in [0.5, 0.6) is 0 Å². The van der Waals surface area contributed by atoms with Gasteiger partial charge in [-0.3, -0.25) is 9.59 Å². The van der Waals surface area contributed by atoms with Crippen LogP contribution in [-0.2, 0) is 6.54 Å². The second-order valence-electron chi connectivity index (χ2n) is 4.73. The van der Waals surface area contributed by atoms with Crippen LogP contribution in [0.3, 0.4) is 0 Å². The standard InChI is InChI=1S/C15H12ClN3O2/c1-8-18-12-13(19-8)15(21)11(10(16)14(12)20)17-7-9-5-3-2-4-6-9/h2-6,17H,7H2,1H3,(H,18,19). The fraction of sp³-hybridized carbons (Fsp3) is 0.133. The first kappa shape index (κ1) is 13.6. The topological polar surface area (TPSA) is 74.8 Å². The first-order chi connectivity index (χ1) is 10.1. The van der Waals surface area contributed by atoms with E-state index in [9.17, 15) is 9.59 Å². The maximum absolute atomic E-state index is 12.4. The van der Waals surface area contributed by atoms with Gasteiger partial charge in [0, 0.05) is 6.54 Å². The van der Waals surface area contributed by atoms with E-state index in [1.165, 1.54) is 0 Å². The van der Waals surface area contributed by atoms with E-state index in [1.54, 1.807) is 6.92 Å². The number of aromatic amines is 1. The van der Waals surface area contributed by atoms with E-state index in [2.05, 4.69) is 15.3 Å². The van der Waals surface area contributed by atoms with Crippen LogP contribution in [0.15, 0.2) is 41.1 Å². The summed E-state index contributed by atoms with van der Waals surface area (Å²) < 4.78 is 0. The van der Waals surface area contributed by atoms with Crippen molar-refractivity contribution in [2.45, 2.75) is 13.5 Å². The molecule has 106 valence electrons. The molecule has 0 spiro atoms. The fourth-order valence-electron chi connectivity index (χ4n) is 2.21. The highest BCUT2D eigenvalue weighted by atomic mass is 35.5. The lowest BCUT2D eigenvalue weighted by Crippen LogP contribution is -2.29. The molecule has 0 bridgehead atoms. The molecule has 0 aliphatic heterocycles. The lowest BCUT2D eigenvalue weighted by Gasteiger charge is -2.15.